The van der Waals surface area contributed by atoms with Gasteiger partial charge in [0.1, 0.15) is 5.82 Å². The second-order valence-corrected chi connectivity index (χ2v) is 10.4. The molecule has 152 valence electrons. The van der Waals surface area contributed by atoms with Crippen LogP contribution >= 0.6 is 0 Å². The summed E-state index contributed by atoms with van der Waals surface area (Å²) >= 11 is 0. The van der Waals surface area contributed by atoms with E-state index in [1.165, 1.54) is 44.3 Å². The summed E-state index contributed by atoms with van der Waals surface area (Å²) in [6, 6.07) is 7.80. The minimum atomic E-state index is 0.639. The summed E-state index contributed by atoms with van der Waals surface area (Å²) in [5.74, 6) is 5.94. The van der Waals surface area contributed by atoms with Crippen LogP contribution in [0.1, 0.15) is 80.1 Å². The summed E-state index contributed by atoms with van der Waals surface area (Å²) < 4.78 is 0. The molecule has 1 aromatic heterocycles. The normalized spacial score (nSPS) is 34.8. The van der Waals surface area contributed by atoms with Crippen molar-refractivity contribution in [3.8, 4) is 0 Å². The van der Waals surface area contributed by atoms with Crippen molar-refractivity contribution < 1.29 is 0 Å². The Morgan fingerprint density at radius 2 is 1.33 bits per heavy atom. The van der Waals surface area contributed by atoms with Crippen LogP contribution in [-0.2, 0) is 0 Å². The molecule has 27 heavy (non-hydrogen) atoms. The van der Waals surface area contributed by atoms with Crippen molar-refractivity contribution in [2.75, 3.05) is 4.90 Å². The number of rotatable bonds is 5. The fourth-order valence-corrected chi connectivity index (χ4v) is 6.04. The predicted molar refractivity (Wildman–Crippen MR) is 117 cm³/mol. The van der Waals surface area contributed by atoms with Crippen molar-refractivity contribution in [3.63, 3.8) is 0 Å². The summed E-state index contributed by atoms with van der Waals surface area (Å²) in [7, 11) is 0. The molecule has 0 saturated heterocycles. The van der Waals surface area contributed by atoms with E-state index in [0.29, 0.717) is 12.1 Å². The third-order valence-electron chi connectivity index (χ3n) is 7.60. The Hall–Kier alpha value is -1.05. The third-order valence-corrected chi connectivity index (χ3v) is 7.60. The van der Waals surface area contributed by atoms with Crippen molar-refractivity contribution in [1.82, 2.24) is 4.98 Å². The van der Waals surface area contributed by atoms with Crippen LogP contribution < -0.4 is 4.90 Å². The summed E-state index contributed by atoms with van der Waals surface area (Å²) in [5.41, 5.74) is 0. The Labute approximate surface area is 168 Å². The van der Waals surface area contributed by atoms with Crippen molar-refractivity contribution in [2.24, 2.45) is 35.5 Å². The van der Waals surface area contributed by atoms with E-state index in [-0.39, 0.29) is 0 Å². The topological polar surface area (TPSA) is 16.1 Å². The molecule has 2 fully saturated rings. The zero-order valence-corrected chi connectivity index (χ0v) is 18.6. The van der Waals surface area contributed by atoms with E-state index in [1.807, 2.05) is 6.20 Å². The maximum absolute atomic E-state index is 4.89. The van der Waals surface area contributed by atoms with Crippen LogP contribution in [0.15, 0.2) is 24.4 Å². The van der Waals surface area contributed by atoms with Crippen LogP contribution in [0.4, 0.5) is 5.82 Å². The lowest BCUT2D eigenvalue weighted by molar-refractivity contribution is 0.135. The van der Waals surface area contributed by atoms with Crippen LogP contribution in [0, 0.1) is 35.5 Å². The van der Waals surface area contributed by atoms with Gasteiger partial charge >= 0.3 is 0 Å². The Morgan fingerprint density at radius 3 is 1.74 bits per heavy atom. The van der Waals surface area contributed by atoms with Gasteiger partial charge < -0.3 is 4.90 Å². The summed E-state index contributed by atoms with van der Waals surface area (Å²) in [6.07, 6.45) is 10.2. The second kappa shape index (κ2) is 8.97. The Morgan fingerprint density at radius 1 is 0.815 bits per heavy atom. The van der Waals surface area contributed by atoms with Gasteiger partial charge in [0, 0.05) is 18.3 Å². The molecule has 2 saturated carbocycles. The van der Waals surface area contributed by atoms with E-state index >= 15 is 0 Å². The molecule has 2 aliphatic carbocycles. The molecule has 0 amide bonds. The van der Waals surface area contributed by atoms with Crippen molar-refractivity contribution in [2.45, 2.75) is 92.2 Å². The van der Waals surface area contributed by atoms with Gasteiger partial charge in [0.25, 0.3) is 0 Å². The average Bonchev–Trinajstić information content (AvgIpc) is 2.62. The molecule has 1 aromatic rings. The molecule has 2 heteroatoms. The van der Waals surface area contributed by atoms with E-state index in [9.17, 15) is 0 Å². The molecule has 6 atom stereocenters. The number of anilines is 1. The Bertz CT molecular complexity index is 535. The summed E-state index contributed by atoms with van der Waals surface area (Å²) in [5, 5.41) is 0. The molecule has 0 aromatic carbocycles. The van der Waals surface area contributed by atoms with Crippen LogP contribution in [0.25, 0.3) is 0 Å². The standard InChI is InChI=1S/C25H42N2/c1-17(2)21-12-10-19(5)15-23(21)27(25-9-7-8-14-26-25)24-16-20(6)11-13-22(24)18(3)4/h7-9,14,17-24H,10-13,15-16H2,1-6H3. The SMILES string of the molecule is CC1CCC(C(C)C)C(N(c2ccccn2)C2CC(C)CCC2C(C)C)C1. The summed E-state index contributed by atoms with van der Waals surface area (Å²) in [4.78, 5) is 7.73. The molecule has 0 bridgehead atoms. The van der Waals surface area contributed by atoms with E-state index in [2.05, 4.69) is 64.6 Å². The lowest BCUT2D eigenvalue weighted by Gasteiger charge is -2.52. The first kappa shape index (κ1) is 20.7. The van der Waals surface area contributed by atoms with E-state index in [0.717, 1.165) is 35.5 Å². The molecule has 3 rings (SSSR count). The van der Waals surface area contributed by atoms with E-state index < -0.39 is 0 Å². The lowest BCUT2D eigenvalue weighted by Crippen LogP contribution is -2.55. The zero-order chi connectivity index (χ0) is 19.6. The molecule has 2 nitrogen and oxygen atoms in total. The van der Waals surface area contributed by atoms with E-state index in [4.69, 9.17) is 4.98 Å². The van der Waals surface area contributed by atoms with Gasteiger partial charge in [-0.2, -0.15) is 0 Å². The van der Waals surface area contributed by atoms with E-state index in [1.54, 1.807) is 0 Å². The first-order valence-electron chi connectivity index (χ1n) is 11.6. The highest BCUT2D eigenvalue weighted by Crippen LogP contribution is 2.44. The highest BCUT2D eigenvalue weighted by atomic mass is 15.2. The molecular formula is C25H42N2. The van der Waals surface area contributed by atoms with Gasteiger partial charge in [-0.25, -0.2) is 4.98 Å². The third kappa shape index (κ3) is 4.69. The van der Waals surface area contributed by atoms with Crippen molar-refractivity contribution >= 4 is 5.82 Å². The number of hydrogen-bond acceptors (Lipinski definition) is 2. The highest BCUT2D eigenvalue weighted by molar-refractivity contribution is 5.42. The maximum Gasteiger partial charge on any atom is 0.128 e. The van der Waals surface area contributed by atoms with Crippen molar-refractivity contribution in [1.29, 1.82) is 0 Å². The zero-order valence-electron chi connectivity index (χ0n) is 18.6. The molecule has 0 spiro atoms. The van der Waals surface area contributed by atoms with Gasteiger partial charge in [-0.1, -0.05) is 60.5 Å². The first-order valence-corrected chi connectivity index (χ1v) is 11.6. The van der Waals surface area contributed by atoms with Crippen LogP contribution in [0.2, 0.25) is 0 Å². The van der Waals surface area contributed by atoms with Gasteiger partial charge in [0.05, 0.1) is 0 Å². The number of hydrogen-bond donors (Lipinski definition) is 0. The number of aromatic nitrogens is 1. The quantitative estimate of drug-likeness (QED) is 0.566. The monoisotopic (exact) mass is 370 g/mol. The van der Waals surface area contributed by atoms with Crippen LogP contribution in [0.3, 0.4) is 0 Å². The van der Waals surface area contributed by atoms with Gasteiger partial charge in [0.15, 0.2) is 0 Å². The maximum atomic E-state index is 4.89. The molecular weight excluding hydrogens is 328 g/mol. The minimum absolute atomic E-state index is 0.639. The molecule has 2 aliphatic rings. The molecule has 1 heterocycles. The first-order chi connectivity index (χ1) is 12.9. The Balaban J connectivity index is 2.02. The molecule has 0 aliphatic heterocycles. The van der Waals surface area contributed by atoms with Crippen LogP contribution in [0.5, 0.6) is 0 Å². The Kier molecular flexibility index (Phi) is 6.87. The smallest absolute Gasteiger partial charge is 0.128 e. The van der Waals surface area contributed by atoms with Crippen molar-refractivity contribution in [3.05, 3.63) is 24.4 Å². The van der Waals surface area contributed by atoms with Gasteiger partial charge in [-0.05, 0) is 73.3 Å². The molecule has 0 radical (unpaired) electrons. The second-order valence-electron chi connectivity index (χ2n) is 10.4. The molecule has 6 unspecified atom stereocenters. The number of pyridine rings is 1. The predicted octanol–water partition coefficient (Wildman–Crippen LogP) is 6.81. The van der Waals surface area contributed by atoms with Crippen LogP contribution in [-0.4, -0.2) is 17.1 Å². The summed E-state index contributed by atoms with van der Waals surface area (Å²) in [6.45, 7) is 14.7. The fourth-order valence-electron chi connectivity index (χ4n) is 6.04. The molecule has 0 N–H and O–H groups in total. The van der Waals surface area contributed by atoms with Gasteiger partial charge in [-0.15, -0.1) is 0 Å². The fraction of sp³-hybridized carbons (Fsp3) is 0.800. The average molecular weight is 371 g/mol. The lowest BCUT2D eigenvalue weighted by atomic mass is 9.69. The van der Waals surface area contributed by atoms with Gasteiger partial charge in [0.2, 0.25) is 0 Å². The largest absolute Gasteiger partial charge is 0.350 e. The van der Waals surface area contributed by atoms with Gasteiger partial charge in [-0.3, -0.25) is 0 Å². The number of nitrogens with zero attached hydrogens (tertiary/aromatic N) is 2. The minimum Gasteiger partial charge on any atom is -0.350 e. The highest BCUT2D eigenvalue weighted by Gasteiger charge is 2.42.